The highest BCUT2D eigenvalue weighted by Crippen LogP contribution is 2.33. The van der Waals surface area contributed by atoms with Gasteiger partial charge >= 0.3 is 0 Å². The van der Waals surface area contributed by atoms with E-state index < -0.39 is 0 Å². The first kappa shape index (κ1) is 9.95. The van der Waals surface area contributed by atoms with E-state index in [1.165, 1.54) is 50.5 Å². The van der Waals surface area contributed by atoms with Crippen LogP contribution in [-0.2, 0) is 4.79 Å². The minimum Gasteiger partial charge on any atom is -0.295 e. The number of carbonyl (C=O) groups is 1. The van der Waals surface area contributed by atoms with E-state index in [0.717, 1.165) is 18.8 Å². The molecule has 0 aromatic carbocycles. The lowest BCUT2D eigenvalue weighted by molar-refractivity contribution is -0.114. The molecule has 2 aliphatic rings. The van der Waals surface area contributed by atoms with Crippen molar-refractivity contribution in [1.29, 1.82) is 0 Å². The van der Waals surface area contributed by atoms with Crippen LogP contribution in [0.4, 0.5) is 0 Å². The van der Waals surface area contributed by atoms with Crippen LogP contribution in [0, 0.1) is 5.92 Å². The predicted octanol–water partition coefficient (Wildman–Crippen LogP) is 3.64. The van der Waals surface area contributed by atoms with Gasteiger partial charge in [0, 0.05) is 6.42 Å². The van der Waals surface area contributed by atoms with E-state index in [1.807, 2.05) is 6.08 Å². The van der Waals surface area contributed by atoms with E-state index in [9.17, 15) is 4.79 Å². The molecular formula is C13H20O. The monoisotopic (exact) mass is 192 g/mol. The fourth-order valence-corrected chi connectivity index (χ4v) is 2.77. The van der Waals surface area contributed by atoms with Crippen LogP contribution in [0.5, 0.6) is 0 Å². The lowest BCUT2D eigenvalue weighted by Gasteiger charge is -2.23. The van der Waals surface area contributed by atoms with Crippen LogP contribution in [0.2, 0.25) is 0 Å². The Morgan fingerprint density at radius 1 is 0.929 bits per heavy atom. The summed E-state index contributed by atoms with van der Waals surface area (Å²) >= 11 is 0. The van der Waals surface area contributed by atoms with Gasteiger partial charge in [-0.15, -0.1) is 0 Å². The standard InChI is InChI=1S/C13H20O/c14-13-9-5-4-8-12(10-13)11-6-2-1-3-7-11/h10-11H,1-9H2. The largest absolute Gasteiger partial charge is 0.295 e. The third-order valence-corrected chi connectivity index (χ3v) is 3.61. The molecule has 0 atom stereocenters. The number of ketones is 1. The van der Waals surface area contributed by atoms with Gasteiger partial charge in [0.2, 0.25) is 0 Å². The Morgan fingerprint density at radius 3 is 2.43 bits per heavy atom. The third-order valence-electron chi connectivity index (χ3n) is 3.61. The van der Waals surface area contributed by atoms with Crippen LogP contribution >= 0.6 is 0 Å². The summed E-state index contributed by atoms with van der Waals surface area (Å²) in [5.74, 6) is 1.13. The second-order valence-electron chi connectivity index (χ2n) is 4.73. The molecule has 0 unspecified atom stereocenters. The third kappa shape index (κ3) is 2.46. The SMILES string of the molecule is O=C1C=C(C2CCCCC2)CCCC1. The Kier molecular flexibility index (Phi) is 3.39. The zero-order chi connectivity index (χ0) is 9.80. The minimum absolute atomic E-state index is 0.378. The molecule has 2 rings (SSSR count). The Hall–Kier alpha value is -0.590. The topological polar surface area (TPSA) is 17.1 Å². The fourth-order valence-electron chi connectivity index (χ4n) is 2.77. The van der Waals surface area contributed by atoms with Gasteiger partial charge in [0.1, 0.15) is 0 Å². The summed E-state index contributed by atoms with van der Waals surface area (Å²) in [6, 6.07) is 0. The summed E-state index contributed by atoms with van der Waals surface area (Å²) in [4.78, 5) is 11.5. The van der Waals surface area contributed by atoms with Gasteiger partial charge in [0.15, 0.2) is 5.78 Å². The molecule has 1 saturated carbocycles. The average molecular weight is 192 g/mol. The van der Waals surface area contributed by atoms with E-state index >= 15 is 0 Å². The maximum absolute atomic E-state index is 11.5. The molecule has 0 amide bonds. The van der Waals surface area contributed by atoms with Crippen molar-refractivity contribution in [1.82, 2.24) is 0 Å². The molecule has 1 heteroatoms. The Labute approximate surface area is 86.6 Å². The maximum atomic E-state index is 11.5. The molecule has 0 aromatic rings. The minimum atomic E-state index is 0.378. The molecule has 2 aliphatic carbocycles. The smallest absolute Gasteiger partial charge is 0.155 e. The van der Waals surface area contributed by atoms with Gasteiger partial charge in [0.25, 0.3) is 0 Å². The van der Waals surface area contributed by atoms with Crippen molar-refractivity contribution in [2.24, 2.45) is 5.92 Å². The van der Waals surface area contributed by atoms with Gasteiger partial charge in [-0.05, 0) is 44.1 Å². The molecule has 14 heavy (non-hydrogen) atoms. The van der Waals surface area contributed by atoms with Crippen molar-refractivity contribution in [3.63, 3.8) is 0 Å². The maximum Gasteiger partial charge on any atom is 0.155 e. The summed E-state index contributed by atoms with van der Waals surface area (Å²) in [5, 5.41) is 0. The van der Waals surface area contributed by atoms with E-state index in [1.54, 1.807) is 0 Å². The number of rotatable bonds is 1. The average Bonchev–Trinajstić information content (AvgIpc) is 2.44. The molecule has 78 valence electrons. The van der Waals surface area contributed by atoms with Gasteiger partial charge < -0.3 is 0 Å². The van der Waals surface area contributed by atoms with Gasteiger partial charge in [-0.1, -0.05) is 24.8 Å². The first-order valence-electron chi connectivity index (χ1n) is 6.09. The number of hydrogen-bond acceptors (Lipinski definition) is 1. The molecule has 0 N–H and O–H groups in total. The molecular weight excluding hydrogens is 172 g/mol. The number of carbonyl (C=O) groups excluding carboxylic acids is 1. The molecule has 0 spiro atoms. The predicted molar refractivity (Wildman–Crippen MR) is 58.1 cm³/mol. The zero-order valence-corrected chi connectivity index (χ0v) is 8.93. The Balaban J connectivity index is 2.02. The summed E-state index contributed by atoms with van der Waals surface area (Å²) < 4.78 is 0. The van der Waals surface area contributed by atoms with Crippen LogP contribution in [-0.4, -0.2) is 5.78 Å². The quantitative estimate of drug-likeness (QED) is 0.620. The fraction of sp³-hybridized carbons (Fsp3) is 0.769. The Bertz CT molecular complexity index is 234. The molecule has 1 nitrogen and oxygen atoms in total. The van der Waals surface area contributed by atoms with Crippen molar-refractivity contribution in [3.8, 4) is 0 Å². The van der Waals surface area contributed by atoms with E-state index in [-0.39, 0.29) is 0 Å². The van der Waals surface area contributed by atoms with Gasteiger partial charge in [-0.3, -0.25) is 4.79 Å². The molecule has 0 heterocycles. The molecule has 0 aromatic heterocycles. The highest BCUT2D eigenvalue weighted by Gasteiger charge is 2.19. The second kappa shape index (κ2) is 4.77. The van der Waals surface area contributed by atoms with Gasteiger partial charge in [-0.25, -0.2) is 0 Å². The first-order valence-corrected chi connectivity index (χ1v) is 6.09. The van der Waals surface area contributed by atoms with Crippen LogP contribution < -0.4 is 0 Å². The van der Waals surface area contributed by atoms with E-state index in [4.69, 9.17) is 0 Å². The van der Waals surface area contributed by atoms with Crippen LogP contribution in [0.15, 0.2) is 11.6 Å². The lowest BCUT2D eigenvalue weighted by Crippen LogP contribution is -2.09. The number of allylic oxidation sites excluding steroid dienone is 2. The van der Waals surface area contributed by atoms with Gasteiger partial charge in [0.05, 0.1) is 0 Å². The molecule has 0 bridgehead atoms. The van der Waals surface area contributed by atoms with Crippen LogP contribution in [0.1, 0.15) is 57.8 Å². The van der Waals surface area contributed by atoms with Crippen LogP contribution in [0.25, 0.3) is 0 Å². The summed E-state index contributed by atoms with van der Waals surface area (Å²) in [5.41, 5.74) is 1.48. The lowest BCUT2D eigenvalue weighted by atomic mass is 9.82. The van der Waals surface area contributed by atoms with Crippen LogP contribution in [0.3, 0.4) is 0 Å². The number of hydrogen-bond donors (Lipinski definition) is 0. The van der Waals surface area contributed by atoms with Crippen molar-refractivity contribution >= 4 is 5.78 Å². The molecule has 0 radical (unpaired) electrons. The molecule has 1 fully saturated rings. The van der Waals surface area contributed by atoms with E-state index in [0.29, 0.717) is 5.78 Å². The van der Waals surface area contributed by atoms with Crippen molar-refractivity contribution < 1.29 is 4.79 Å². The first-order chi connectivity index (χ1) is 6.86. The second-order valence-corrected chi connectivity index (χ2v) is 4.73. The highest BCUT2D eigenvalue weighted by molar-refractivity contribution is 5.90. The summed E-state index contributed by atoms with van der Waals surface area (Å²) in [6.45, 7) is 0. The van der Waals surface area contributed by atoms with Crippen molar-refractivity contribution in [2.75, 3.05) is 0 Å². The molecule has 0 aliphatic heterocycles. The zero-order valence-electron chi connectivity index (χ0n) is 8.93. The molecule has 0 saturated heterocycles. The highest BCUT2D eigenvalue weighted by atomic mass is 16.1. The normalized spacial score (nSPS) is 25.7. The van der Waals surface area contributed by atoms with Crippen molar-refractivity contribution in [3.05, 3.63) is 11.6 Å². The van der Waals surface area contributed by atoms with E-state index in [2.05, 4.69) is 0 Å². The Morgan fingerprint density at radius 2 is 1.64 bits per heavy atom. The summed E-state index contributed by atoms with van der Waals surface area (Å²) in [6.07, 6.45) is 13.1. The van der Waals surface area contributed by atoms with Crippen molar-refractivity contribution in [2.45, 2.75) is 57.8 Å². The van der Waals surface area contributed by atoms with Gasteiger partial charge in [-0.2, -0.15) is 0 Å². The summed E-state index contributed by atoms with van der Waals surface area (Å²) in [7, 11) is 0.